The molecule has 0 aliphatic carbocycles. The molecular formula is C15H15ClN2Pd. The summed E-state index contributed by atoms with van der Waals surface area (Å²) in [7, 11) is 4.49. The quantitative estimate of drug-likeness (QED) is 0.419. The second-order valence-corrected chi connectivity index (χ2v) is 3.23. The summed E-state index contributed by atoms with van der Waals surface area (Å²) in [5.74, 6) is 0. The summed E-state index contributed by atoms with van der Waals surface area (Å²) in [6, 6.07) is 19.6. The van der Waals surface area contributed by atoms with E-state index in [0.717, 1.165) is 11.4 Å². The summed E-state index contributed by atoms with van der Waals surface area (Å²) >= 11 is 2.22. The topological polar surface area (TPSA) is 24.7 Å². The molecule has 0 spiro atoms. The third-order valence-corrected chi connectivity index (χ3v) is 2.03. The Balaban J connectivity index is 0.00000103. The predicted molar refractivity (Wildman–Crippen MR) is 81.5 cm³/mol. The molecule has 0 fully saturated rings. The van der Waals surface area contributed by atoms with Crippen molar-refractivity contribution in [2.75, 3.05) is 0 Å². The zero-order valence-corrected chi connectivity index (χ0v) is 12.8. The molecule has 0 aliphatic heterocycles. The van der Waals surface area contributed by atoms with E-state index >= 15 is 0 Å². The van der Waals surface area contributed by atoms with Crippen LogP contribution in [0, 0.1) is 7.43 Å². The Labute approximate surface area is 129 Å². The summed E-state index contributed by atoms with van der Waals surface area (Å²) in [6.07, 6.45) is 3.39. The third-order valence-electron chi connectivity index (χ3n) is 2.03. The van der Waals surface area contributed by atoms with Gasteiger partial charge in [-0.1, -0.05) is 36.4 Å². The fourth-order valence-electron chi connectivity index (χ4n) is 1.27. The van der Waals surface area contributed by atoms with Crippen LogP contribution in [-0.2, 0) is 18.2 Å². The first kappa shape index (κ1) is 17.7. The van der Waals surface area contributed by atoms with Crippen molar-refractivity contribution in [2.24, 2.45) is 9.98 Å². The van der Waals surface area contributed by atoms with Crippen LogP contribution < -0.4 is 0 Å². The van der Waals surface area contributed by atoms with Gasteiger partial charge in [0.05, 0.1) is 11.4 Å². The van der Waals surface area contributed by atoms with Crippen LogP contribution in [0.1, 0.15) is 0 Å². The first-order valence-electron chi connectivity index (χ1n) is 5.24. The molecule has 102 valence electrons. The number of benzene rings is 2. The fourth-order valence-corrected chi connectivity index (χ4v) is 1.27. The van der Waals surface area contributed by atoms with E-state index in [1.165, 1.54) is 0 Å². The second kappa shape index (κ2) is 11.8. The number of para-hydroxylation sites is 2. The van der Waals surface area contributed by atoms with Gasteiger partial charge in [-0.25, -0.2) is 0 Å². The van der Waals surface area contributed by atoms with Crippen molar-refractivity contribution in [2.45, 2.75) is 0 Å². The first-order valence-corrected chi connectivity index (χ1v) is 7.24. The maximum absolute atomic E-state index is 4.49. The summed E-state index contributed by atoms with van der Waals surface area (Å²) < 4.78 is 0. The summed E-state index contributed by atoms with van der Waals surface area (Å²) in [5, 5.41) is 0. The van der Waals surface area contributed by atoms with E-state index in [2.05, 4.69) is 37.7 Å². The van der Waals surface area contributed by atoms with Crippen LogP contribution in [0.3, 0.4) is 0 Å². The monoisotopic (exact) mass is 364 g/mol. The summed E-state index contributed by atoms with van der Waals surface area (Å²) in [5.41, 5.74) is 1.86. The molecule has 0 amide bonds. The molecule has 19 heavy (non-hydrogen) atoms. The van der Waals surface area contributed by atoms with Crippen LogP contribution in [0.25, 0.3) is 0 Å². The van der Waals surface area contributed by atoms with Crippen molar-refractivity contribution >= 4 is 33.3 Å². The molecular weight excluding hydrogens is 350 g/mol. The zero-order valence-electron chi connectivity index (χ0n) is 10.5. The Bertz CT molecular complexity index is 437. The molecule has 2 rings (SSSR count). The number of rotatable bonds is 3. The standard InChI is InChI=1S/C14H12N2.CH3.ClH.Pd/c1-3-7-13(8-4-1)15-11-12-16-14-9-5-2-6-10-14;;;/h1-12H;1H3;1H;/q;-1;;+2/p-1. The number of halogens is 1. The number of aliphatic imine (C=N–C) groups is 2. The van der Waals surface area contributed by atoms with Gasteiger partial charge in [-0.3, -0.25) is 9.98 Å². The van der Waals surface area contributed by atoms with E-state index in [1.54, 1.807) is 12.4 Å². The van der Waals surface area contributed by atoms with Crippen molar-refractivity contribution in [3.05, 3.63) is 68.1 Å². The number of hydrogen-bond donors (Lipinski definition) is 0. The van der Waals surface area contributed by atoms with Crippen LogP contribution in [0.5, 0.6) is 0 Å². The Hall–Kier alpha value is -1.27. The molecule has 0 radical (unpaired) electrons. The number of hydrogen-bond acceptors (Lipinski definition) is 2. The molecule has 2 aromatic rings. The normalized spacial score (nSPS) is 9.84. The van der Waals surface area contributed by atoms with Gasteiger partial charge >= 0.3 is 27.7 Å². The molecule has 0 aliphatic rings. The van der Waals surface area contributed by atoms with Gasteiger partial charge in [0, 0.05) is 12.4 Å². The van der Waals surface area contributed by atoms with Crippen LogP contribution in [0.4, 0.5) is 11.4 Å². The van der Waals surface area contributed by atoms with E-state index in [-0.39, 0.29) is 7.43 Å². The van der Waals surface area contributed by atoms with Gasteiger partial charge in [-0.2, -0.15) is 0 Å². The molecule has 2 aromatic carbocycles. The molecule has 0 bridgehead atoms. The van der Waals surface area contributed by atoms with Gasteiger partial charge in [0.25, 0.3) is 0 Å². The molecule has 4 heteroatoms. The molecule has 0 N–H and O–H groups in total. The van der Waals surface area contributed by atoms with Crippen LogP contribution in [0.2, 0.25) is 0 Å². The van der Waals surface area contributed by atoms with Crippen molar-refractivity contribution in [3.63, 3.8) is 0 Å². The van der Waals surface area contributed by atoms with Crippen LogP contribution >= 0.6 is 9.53 Å². The predicted octanol–water partition coefficient (Wildman–Crippen LogP) is 4.93. The van der Waals surface area contributed by atoms with Gasteiger partial charge in [-0.15, -0.1) is 0 Å². The first-order chi connectivity index (χ1) is 8.95. The SMILES string of the molecule is C(C=Nc1ccccc1)=Nc1ccccc1.[CH3-].[Cl][Pd+]. The van der Waals surface area contributed by atoms with Gasteiger partial charge in [0.2, 0.25) is 0 Å². The fraction of sp³-hybridized carbons (Fsp3) is 0. The minimum absolute atomic E-state index is 0. The summed E-state index contributed by atoms with van der Waals surface area (Å²) in [4.78, 5) is 8.49. The van der Waals surface area contributed by atoms with Gasteiger partial charge in [-0.05, 0) is 24.3 Å². The van der Waals surface area contributed by atoms with E-state index in [4.69, 9.17) is 0 Å². The maximum atomic E-state index is 4.49. The Kier molecular flexibility index (Phi) is 11.0. The Morgan fingerprint density at radius 3 is 1.32 bits per heavy atom. The molecule has 0 atom stereocenters. The van der Waals surface area contributed by atoms with Gasteiger partial charge < -0.3 is 7.43 Å². The van der Waals surface area contributed by atoms with Crippen molar-refractivity contribution in [1.29, 1.82) is 0 Å². The molecule has 0 unspecified atom stereocenters. The Morgan fingerprint density at radius 1 is 0.684 bits per heavy atom. The Morgan fingerprint density at radius 2 is 1.00 bits per heavy atom. The number of nitrogens with zero attached hydrogens (tertiary/aromatic N) is 2. The third kappa shape index (κ3) is 7.69. The van der Waals surface area contributed by atoms with E-state index < -0.39 is 0 Å². The zero-order chi connectivity index (χ0) is 13.1. The van der Waals surface area contributed by atoms with Crippen LogP contribution in [0.15, 0.2) is 70.6 Å². The van der Waals surface area contributed by atoms with E-state index in [9.17, 15) is 0 Å². The molecule has 0 saturated carbocycles. The molecule has 2 nitrogen and oxygen atoms in total. The van der Waals surface area contributed by atoms with Crippen molar-refractivity contribution in [3.8, 4) is 0 Å². The average Bonchev–Trinajstić information content (AvgIpc) is 2.48. The second-order valence-electron chi connectivity index (χ2n) is 3.23. The van der Waals surface area contributed by atoms with Crippen LogP contribution in [-0.4, -0.2) is 12.4 Å². The average molecular weight is 365 g/mol. The van der Waals surface area contributed by atoms with Gasteiger partial charge in [0.1, 0.15) is 0 Å². The van der Waals surface area contributed by atoms with Gasteiger partial charge in [0.15, 0.2) is 0 Å². The van der Waals surface area contributed by atoms with E-state index in [0.29, 0.717) is 0 Å². The van der Waals surface area contributed by atoms with Crippen molar-refractivity contribution < 1.29 is 18.2 Å². The van der Waals surface area contributed by atoms with Crippen molar-refractivity contribution in [1.82, 2.24) is 0 Å². The molecule has 0 saturated heterocycles. The van der Waals surface area contributed by atoms with E-state index in [1.807, 2.05) is 60.7 Å². The minimum atomic E-state index is 0. The summed E-state index contributed by atoms with van der Waals surface area (Å²) in [6.45, 7) is 0. The molecule has 0 heterocycles. The molecule has 0 aromatic heterocycles.